The van der Waals surface area contributed by atoms with E-state index >= 15 is 0 Å². The summed E-state index contributed by atoms with van der Waals surface area (Å²) in [6.45, 7) is 0.813. The quantitative estimate of drug-likeness (QED) is 0.586. The lowest BCUT2D eigenvalue weighted by Gasteiger charge is -2.31. The van der Waals surface area contributed by atoms with Crippen molar-refractivity contribution in [2.75, 3.05) is 0 Å². The second-order valence-corrected chi connectivity index (χ2v) is 7.92. The fraction of sp³-hybridized carbons (Fsp3) is 0.280. The van der Waals surface area contributed by atoms with E-state index in [1.807, 2.05) is 47.0 Å². The largest absolute Gasteiger partial charge is 0.483 e. The van der Waals surface area contributed by atoms with Gasteiger partial charge in [0.15, 0.2) is 5.75 Å². The van der Waals surface area contributed by atoms with Crippen molar-refractivity contribution < 1.29 is 9.13 Å². The van der Waals surface area contributed by atoms with Crippen molar-refractivity contribution in [2.24, 2.45) is 0 Å². The van der Waals surface area contributed by atoms with Gasteiger partial charge in [-0.3, -0.25) is 4.79 Å². The van der Waals surface area contributed by atoms with E-state index in [4.69, 9.17) is 4.74 Å². The molecule has 0 aliphatic heterocycles. The van der Waals surface area contributed by atoms with Crippen LogP contribution in [0.2, 0.25) is 0 Å². The van der Waals surface area contributed by atoms with Gasteiger partial charge in [-0.1, -0.05) is 55.3 Å². The summed E-state index contributed by atoms with van der Waals surface area (Å²) < 4.78 is 21.6. The van der Waals surface area contributed by atoms with Gasteiger partial charge in [0, 0.05) is 18.2 Å². The van der Waals surface area contributed by atoms with Crippen LogP contribution in [0, 0.1) is 17.1 Å². The van der Waals surface area contributed by atoms with Crippen molar-refractivity contribution in [1.29, 1.82) is 5.26 Å². The van der Waals surface area contributed by atoms with Crippen LogP contribution < -0.4 is 10.2 Å². The molecule has 5 heteroatoms. The molecule has 0 unspecified atom stereocenters. The predicted molar refractivity (Wildman–Crippen MR) is 113 cm³/mol. The molecule has 0 N–H and O–H groups in total. The highest BCUT2D eigenvalue weighted by Gasteiger charge is 2.36. The van der Waals surface area contributed by atoms with Gasteiger partial charge in [0.1, 0.15) is 24.1 Å². The minimum absolute atomic E-state index is 0.0490. The lowest BCUT2D eigenvalue weighted by Crippen LogP contribution is -2.29. The molecule has 0 saturated heterocycles. The highest BCUT2D eigenvalue weighted by molar-refractivity contribution is 5.35. The van der Waals surface area contributed by atoms with E-state index in [2.05, 4.69) is 0 Å². The van der Waals surface area contributed by atoms with Gasteiger partial charge in [-0.05, 0) is 36.1 Å². The molecular formula is C25H23FN2O2. The Morgan fingerprint density at radius 3 is 2.53 bits per heavy atom. The van der Waals surface area contributed by atoms with Crippen LogP contribution in [0.1, 0.15) is 42.4 Å². The lowest BCUT2D eigenvalue weighted by molar-refractivity contribution is 0.296. The van der Waals surface area contributed by atoms with Crippen molar-refractivity contribution in [3.8, 4) is 11.8 Å². The summed E-state index contributed by atoms with van der Waals surface area (Å²) >= 11 is 0. The first kappa shape index (κ1) is 19.9. The Labute approximate surface area is 175 Å². The number of rotatable bonds is 6. The van der Waals surface area contributed by atoms with E-state index in [-0.39, 0.29) is 29.2 Å². The standard InChI is InChI=1S/C25H23FN2O2/c26-22-10-6-9-21(13-22)25(11-4-5-12-25)18-28-15-20(14-27)24(29)23(16-28)30-17-19-7-2-1-3-8-19/h1-3,6-10,13,15-16H,4-5,11-12,17-18H2. The molecule has 1 heterocycles. The number of halogens is 1. The monoisotopic (exact) mass is 402 g/mol. The normalized spacial score (nSPS) is 14.9. The summed E-state index contributed by atoms with van der Waals surface area (Å²) in [4.78, 5) is 12.6. The van der Waals surface area contributed by atoms with E-state index in [1.165, 1.54) is 6.07 Å². The Bertz CT molecular complexity index is 1130. The van der Waals surface area contributed by atoms with E-state index in [0.29, 0.717) is 6.54 Å². The van der Waals surface area contributed by atoms with E-state index < -0.39 is 5.43 Å². The summed E-state index contributed by atoms with van der Waals surface area (Å²) in [5, 5.41) is 9.46. The number of nitrogens with zero attached hydrogens (tertiary/aromatic N) is 2. The molecule has 1 aromatic heterocycles. The smallest absolute Gasteiger partial charge is 0.241 e. The molecular weight excluding hydrogens is 379 g/mol. The number of ether oxygens (including phenoxy) is 1. The highest BCUT2D eigenvalue weighted by atomic mass is 19.1. The van der Waals surface area contributed by atoms with Crippen LogP contribution in [-0.2, 0) is 18.6 Å². The Hall–Kier alpha value is -3.39. The summed E-state index contributed by atoms with van der Waals surface area (Å²) in [6.07, 6.45) is 7.26. The molecule has 0 atom stereocenters. The van der Waals surface area contributed by atoms with E-state index in [0.717, 1.165) is 36.8 Å². The molecule has 0 bridgehead atoms. The van der Waals surface area contributed by atoms with Crippen molar-refractivity contribution in [2.45, 2.75) is 44.2 Å². The molecule has 3 aromatic rings. The average Bonchev–Trinajstić information content (AvgIpc) is 3.24. The first-order valence-electron chi connectivity index (χ1n) is 10.2. The molecule has 30 heavy (non-hydrogen) atoms. The first-order valence-corrected chi connectivity index (χ1v) is 10.2. The maximum absolute atomic E-state index is 13.9. The maximum atomic E-state index is 13.9. The second kappa shape index (κ2) is 8.54. The van der Waals surface area contributed by atoms with E-state index in [9.17, 15) is 14.4 Å². The summed E-state index contributed by atoms with van der Waals surface area (Å²) in [7, 11) is 0. The summed E-state index contributed by atoms with van der Waals surface area (Å²) in [5.74, 6) is -0.0893. The lowest BCUT2D eigenvalue weighted by atomic mass is 9.78. The first-order chi connectivity index (χ1) is 14.6. The summed E-state index contributed by atoms with van der Waals surface area (Å²) in [5.41, 5.74) is 1.33. The Kier molecular flexibility index (Phi) is 5.67. The van der Waals surface area contributed by atoms with Crippen molar-refractivity contribution in [1.82, 2.24) is 4.57 Å². The maximum Gasteiger partial charge on any atom is 0.241 e. The van der Waals surface area contributed by atoms with Crippen LogP contribution in [-0.4, -0.2) is 4.57 Å². The Morgan fingerprint density at radius 2 is 1.83 bits per heavy atom. The highest BCUT2D eigenvalue weighted by Crippen LogP contribution is 2.42. The molecule has 1 saturated carbocycles. The second-order valence-electron chi connectivity index (χ2n) is 7.92. The molecule has 152 valence electrons. The molecule has 4 nitrogen and oxygen atoms in total. The molecule has 1 aliphatic carbocycles. The zero-order valence-corrected chi connectivity index (χ0v) is 16.7. The van der Waals surface area contributed by atoms with Gasteiger partial charge < -0.3 is 9.30 Å². The molecule has 0 amide bonds. The molecule has 4 rings (SSSR count). The third-order valence-corrected chi connectivity index (χ3v) is 5.89. The zero-order valence-electron chi connectivity index (χ0n) is 16.7. The van der Waals surface area contributed by atoms with Crippen LogP contribution in [0.4, 0.5) is 4.39 Å². The van der Waals surface area contributed by atoms with Gasteiger partial charge in [-0.2, -0.15) is 5.26 Å². The van der Waals surface area contributed by atoms with Crippen LogP contribution in [0.5, 0.6) is 5.75 Å². The van der Waals surface area contributed by atoms with Gasteiger partial charge in [0.05, 0.1) is 6.20 Å². The van der Waals surface area contributed by atoms with Crippen molar-refractivity contribution in [3.05, 3.63) is 99.7 Å². The van der Waals surface area contributed by atoms with Gasteiger partial charge in [-0.25, -0.2) is 4.39 Å². The van der Waals surface area contributed by atoms with Crippen molar-refractivity contribution in [3.63, 3.8) is 0 Å². The predicted octanol–water partition coefficient (Wildman–Crippen LogP) is 4.95. The minimum Gasteiger partial charge on any atom is -0.483 e. The average molecular weight is 402 g/mol. The molecule has 2 aromatic carbocycles. The van der Waals surface area contributed by atoms with Crippen LogP contribution >= 0.6 is 0 Å². The third kappa shape index (κ3) is 4.13. The van der Waals surface area contributed by atoms with Crippen LogP contribution in [0.15, 0.2) is 71.8 Å². The van der Waals surface area contributed by atoms with E-state index in [1.54, 1.807) is 24.5 Å². The number of pyridine rings is 1. The zero-order chi connectivity index (χ0) is 21.0. The van der Waals surface area contributed by atoms with Crippen LogP contribution in [0.3, 0.4) is 0 Å². The topological polar surface area (TPSA) is 55.0 Å². The number of nitriles is 1. The number of benzene rings is 2. The van der Waals surface area contributed by atoms with Gasteiger partial charge >= 0.3 is 0 Å². The fourth-order valence-corrected chi connectivity index (χ4v) is 4.37. The third-order valence-electron chi connectivity index (χ3n) is 5.89. The SMILES string of the molecule is N#Cc1cn(CC2(c3cccc(F)c3)CCCC2)cc(OCc2ccccc2)c1=O. The fourth-order valence-electron chi connectivity index (χ4n) is 4.37. The number of aromatic nitrogens is 1. The van der Waals surface area contributed by atoms with Gasteiger partial charge in [0.25, 0.3) is 0 Å². The number of hydrogen-bond donors (Lipinski definition) is 0. The van der Waals surface area contributed by atoms with Gasteiger partial charge in [0.2, 0.25) is 5.43 Å². The number of hydrogen-bond acceptors (Lipinski definition) is 3. The van der Waals surface area contributed by atoms with Gasteiger partial charge in [-0.15, -0.1) is 0 Å². The van der Waals surface area contributed by atoms with Crippen molar-refractivity contribution >= 4 is 0 Å². The molecule has 0 radical (unpaired) electrons. The molecule has 1 fully saturated rings. The Balaban J connectivity index is 1.66. The molecule has 1 aliphatic rings. The minimum atomic E-state index is -0.407. The Morgan fingerprint density at radius 1 is 1.07 bits per heavy atom. The summed E-state index contributed by atoms with van der Waals surface area (Å²) in [6, 6.07) is 18.3. The molecule has 0 spiro atoms. The van der Waals surface area contributed by atoms with Crippen LogP contribution in [0.25, 0.3) is 0 Å².